The molecule has 0 aromatic rings. The van der Waals surface area contributed by atoms with Gasteiger partial charge in [-0.3, -0.25) is 9.69 Å². The fourth-order valence-corrected chi connectivity index (χ4v) is 5.83. The molecule has 3 saturated carbocycles. The normalized spacial score (nSPS) is 38.7. The zero-order chi connectivity index (χ0) is 15.8. The monoisotopic (exact) mass is 391 g/mol. The van der Waals surface area contributed by atoms with E-state index in [0.29, 0.717) is 29.8 Å². The van der Waals surface area contributed by atoms with Crippen LogP contribution in [0.1, 0.15) is 64.2 Å². The molecule has 0 spiro atoms. The summed E-state index contributed by atoms with van der Waals surface area (Å²) in [4.78, 5) is 15.4. The Morgan fingerprint density at radius 3 is 2.20 bits per heavy atom. The average molecular weight is 392 g/mol. The first-order valence-corrected chi connectivity index (χ1v) is 10.0. The Kier molecular flexibility index (Phi) is 7.87. The quantitative estimate of drug-likeness (QED) is 0.776. The molecule has 4 fully saturated rings. The Bertz CT molecular complexity index is 430. The molecule has 1 aliphatic heterocycles. The molecule has 3 unspecified atom stereocenters. The smallest absolute Gasteiger partial charge is 0.223 e. The van der Waals surface area contributed by atoms with Crippen LogP contribution in [0.4, 0.5) is 0 Å². The van der Waals surface area contributed by atoms with Gasteiger partial charge in [0.05, 0.1) is 0 Å². The summed E-state index contributed by atoms with van der Waals surface area (Å²) in [6.45, 7) is 2.26. The van der Waals surface area contributed by atoms with E-state index in [9.17, 15) is 4.79 Å². The number of nitrogens with zero attached hydrogens (tertiary/aromatic N) is 1. The van der Waals surface area contributed by atoms with Crippen molar-refractivity contribution < 1.29 is 4.79 Å². The van der Waals surface area contributed by atoms with Crippen LogP contribution in [0.5, 0.6) is 0 Å². The number of carbonyl (C=O) groups excluding carboxylic acids is 1. The molecule has 0 aromatic heterocycles. The second-order valence-electron chi connectivity index (χ2n) is 8.62. The van der Waals surface area contributed by atoms with Crippen LogP contribution in [0, 0.1) is 17.8 Å². The molecule has 3 atom stereocenters. The van der Waals surface area contributed by atoms with Crippen LogP contribution in [0.25, 0.3) is 0 Å². The van der Waals surface area contributed by atoms with E-state index >= 15 is 0 Å². The first-order valence-electron chi connectivity index (χ1n) is 10.0. The van der Waals surface area contributed by atoms with Crippen molar-refractivity contribution in [3.05, 3.63) is 0 Å². The standard InChI is InChI=1S/C19H33N3O.2ClH/c20-18-13-4-3-5-14(18)11-15(10-13)19(23)21-16-8-9-22(12-16)17-6-1-2-7-17;;/h13-18H,1-12,20H2,(H,21,23);2*1H. The van der Waals surface area contributed by atoms with E-state index in [2.05, 4.69) is 10.2 Å². The van der Waals surface area contributed by atoms with Crippen molar-refractivity contribution in [1.29, 1.82) is 0 Å². The SMILES string of the molecule is Cl.Cl.NC1C2CCCC1CC(C(=O)NC1CCN(C3CCCC3)C1)C2. The van der Waals surface area contributed by atoms with Gasteiger partial charge in [0.25, 0.3) is 0 Å². The Morgan fingerprint density at radius 1 is 0.920 bits per heavy atom. The molecular weight excluding hydrogens is 357 g/mol. The number of nitrogens with one attached hydrogen (secondary N) is 1. The summed E-state index contributed by atoms with van der Waals surface area (Å²) >= 11 is 0. The Morgan fingerprint density at radius 2 is 1.56 bits per heavy atom. The van der Waals surface area contributed by atoms with Crippen molar-refractivity contribution in [2.45, 2.75) is 82.3 Å². The average Bonchev–Trinajstić information content (AvgIpc) is 3.17. The number of nitrogens with two attached hydrogens (primary N) is 1. The molecule has 1 saturated heterocycles. The van der Waals surface area contributed by atoms with Gasteiger partial charge in [-0.25, -0.2) is 0 Å². The number of hydrogen-bond acceptors (Lipinski definition) is 3. The molecule has 146 valence electrons. The molecule has 0 radical (unpaired) electrons. The summed E-state index contributed by atoms with van der Waals surface area (Å²) in [5, 5.41) is 3.38. The van der Waals surface area contributed by atoms with Gasteiger partial charge in [0.15, 0.2) is 0 Å². The minimum Gasteiger partial charge on any atom is -0.352 e. The van der Waals surface area contributed by atoms with Gasteiger partial charge >= 0.3 is 0 Å². The minimum atomic E-state index is 0. The fourth-order valence-electron chi connectivity index (χ4n) is 5.83. The van der Waals surface area contributed by atoms with E-state index in [1.165, 1.54) is 51.5 Å². The largest absolute Gasteiger partial charge is 0.352 e. The molecule has 4 nitrogen and oxygen atoms in total. The van der Waals surface area contributed by atoms with Crippen LogP contribution in [-0.4, -0.2) is 42.0 Å². The summed E-state index contributed by atoms with van der Waals surface area (Å²) in [7, 11) is 0. The van der Waals surface area contributed by atoms with Crippen molar-refractivity contribution in [3.8, 4) is 0 Å². The first-order chi connectivity index (χ1) is 11.2. The first kappa shape index (κ1) is 21.3. The molecule has 1 amide bonds. The van der Waals surface area contributed by atoms with Gasteiger partial charge in [-0.05, 0) is 56.8 Å². The van der Waals surface area contributed by atoms with Gasteiger partial charge < -0.3 is 11.1 Å². The van der Waals surface area contributed by atoms with E-state index < -0.39 is 0 Å². The second kappa shape index (κ2) is 9.25. The molecule has 1 heterocycles. The number of halogens is 2. The summed E-state index contributed by atoms with van der Waals surface area (Å²) < 4.78 is 0. The van der Waals surface area contributed by atoms with E-state index in [4.69, 9.17) is 5.73 Å². The summed E-state index contributed by atoms with van der Waals surface area (Å²) in [6, 6.07) is 1.54. The highest BCUT2D eigenvalue weighted by molar-refractivity contribution is 5.85. The molecule has 4 rings (SSSR count). The zero-order valence-electron chi connectivity index (χ0n) is 15.2. The maximum absolute atomic E-state index is 12.7. The maximum atomic E-state index is 12.7. The lowest BCUT2D eigenvalue weighted by molar-refractivity contribution is -0.128. The highest BCUT2D eigenvalue weighted by Gasteiger charge is 2.41. The summed E-state index contributed by atoms with van der Waals surface area (Å²) in [5.41, 5.74) is 6.36. The highest BCUT2D eigenvalue weighted by Crippen LogP contribution is 2.42. The van der Waals surface area contributed by atoms with Crippen LogP contribution < -0.4 is 11.1 Å². The molecule has 0 aromatic carbocycles. The number of amides is 1. The summed E-state index contributed by atoms with van der Waals surface area (Å²) in [6.07, 6.45) is 12.5. The number of likely N-dealkylation sites (tertiary alicyclic amines) is 1. The van der Waals surface area contributed by atoms with Crippen LogP contribution in [0.2, 0.25) is 0 Å². The van der Waals surface area contributed by atoms with Crippen molar-refractivity contribution in [2.24, 2.45) is 23.5 Å². The predicted molar refractivity (Wildman–Crippen MR) is 106 cm³/mol. The van der Waals surface area contributed by atoms with E-state index in [1.54, 1.807) is 0 Å². The Labute approximate surface area is 164 Å². The topological polar surface area (TPSA) is 58.4 Å². The predicted octanol–water partition coefficient (Wildman–Crippen LogP) is 3.12. The molecule has 25 heavy (non-hydrogen) atoms. The van der Waals surface area contributed by atoms with Gasteiger partial charge in [-0.2, -0.15) is 0 Å². The molecular formula is C19H35Cl2N3O. The lowest BCUT2D eigenvalue weighted by Gasteiger charge is -2.43. The zero-order valence-corrected chi connectivity index (χ0v) is 16.8. The third kappa shape index (κ3) is 4.63. The highest BCUT2D eigenvalue weighted by atomic mass is 35.5. The van der Waals surface area contributed by atoms with Crippen molar-refractivity contribution in [3.63, 3.8) is 0 Å². The van der Waals surface area contributed by atoms with Gasteiger partial charge in [-0.1, -0.05) is 19.3 Å². The van der Waals surface area contributed by atoms with Crippen LogP contribution in [0.3, 0.4) is 0 Å². The van der Waals surface area contributed by atoms with Gasteiger partial charge in [0, 0.05) is 37.1 Å². The molecule has 3 N–H and O–H groups in total. The van der Waals surface area contributed by atoms with Gasteiger partial charge in [-0.15, -0.1) is 24.8 Å². The second-order valence-corrected chi connectivity index (χ2v) is 8.62. The number of carbonyl (C=O) groups is 1. The lowest BCUT2D eigenvalue weighted by atomic mass is 9.65. The Hall–Kier alpha value is -0.0300. The van der Waals surface area contributed by atoms with Crippen molar-refractivity contribution in [2.75, 3.05) is 13.1 Å². The van der Waals surface area contributed by atoms with Crippen molar-refractivity contribution >= 4 is 30.7 Å². The number of fused-ring (bicyclic) bond motifs is 2. The summed E-state index contributed by atoms with van der Waals surface area (Å²) in [5.74, 6) is 1.74. The molecule has 3 aliphatic carbocycles. The lowest BCUT2D eigenvalue weighted by Crippen LogP contribution is -2.50. The van der Waals surface area contributed by atoms with Crippen LogP contribution >= 0.6 is 24.8 Å². The molecule has 4 aliphatic rings. The Balaban J connectivity index is 0.00000113. The van der Waals surface area contributed by atoms with Gasteiger partial charge in [0.2, 0.25) is 5.91 Å². The molecule has 2 bridgehead atoms. The third-order valence-corrected chi connectivity index (χ3v) is 7.19. The van der Waals surface area contributed by atoms with Crippen molar-refractivity contribution in [1.82, 2.24) is 10.2 Å². The van der Waals surface area contributed by atoms with E-state index in [-0.39, 0.29) is 30.7 Å². The van der Waals surface area contributed by atoms with Crippen LogP contribution in [0.15, 0.2) is 0 Å². The van der Waals surface area contributed by atoms with E-state index in [0.717, 1.165) is 31.8 Å². The van der Waals surface area contributed by atoms with E-state index in [1.807, 2.05) is 0 Å². The fraction of sp³-hybridized carbons (Fsp3) is 0.947. The number of rotatable bonds is 3. The third-order valence-electron chi connectivity index (χ3n) is 7.19. The number of hydrogen-bond donors (Lipinski definition) is 2. The molecule has 6 heteroatoms. The maximum Gasteiger partial charge on any atom is 0.223 e. The minimum absolute atomic E-state index is 0. The van der Waals surface area contributed by atoms with Crippen LogP contribution in [-0.2, 0) is 4.79 Å². The van der Waals surface area contributed by atoms with Gasteiger partial charge in [0.1, 0.15) is 0 Å².